The van der Waals surface area contributed by atoms with Gasteiger partial charge in [0.05, 0.1) is 7.11 Å². The second-order valence-electron chi connectivity index (χ2n) is 7.02. The average molecular weight is 342 g/mol. The van der Waals surface area contributed by atoms with Crippen LogP contribution in [0.3, 0.4) is 0 Å². The highest BCUT2D eigenvalue weighted by Gasteiger charge is 2.31. The fourth-order valence-electron chi connectivity index (χ4n) is 4.14. The van der Waals surface area contributed by atoms with Crippen LogP contribution in [0.1, 0.15) is 24.8 Å². The third-order valence-corrected chi connectivity index (χ3v) is 5.53. The highest BCUT2D eigenvalue weighted by atomic mass is 16.5. The first-order chi connectivity index (χ1) is 12.2. The van der Waals surface area contributed by atoms with Gasteiger partial charge >= 0.3 is 6.03 Å². The highest BCUT2D eigenvalue weighted by molar-refractivity contribution is 5.84. The van der Waals surface area contributed by atoms with Crippen molar-refractivity contribution >= 4 is 16.9 Å². The van der Waals surface area contributed by atoms with Crippen LogP contribution in [-0.2, 0) is 6.42 Å². The van der Waals surface area contributed by atoms with Crippen LogP contribution in [-0.4, -0.2) is 54.7 Å². The molecule has 1 aromatic carbocycles. The van der Waals surface area contributed by atoms with Gasteiger partial charge < -0.3 is 25.3 Å². The molecule has 2 unspecified atom stereocenters. The molecular weight excluding hydrogens is 316 g/mol. The number of hydrogen-bond acceptors (Lipinski definition) is 3. The van der Waals surface area contributed by atoms with Gasteiger partial charge in [-0.3, -0.25) is 0 Å². The summed E-state index contributed by atoms with van der Waals surface area (Å²) in [6.45, 7) is 2.61. The van der Waals surface area contributed by atoms with Crippen LogP contribution < -0.4 is 15.4 Å². The predicted molar refractivity (Wildman–Crippen MR) is 98.1 cm³/mol. The van der Waals surface area contributed by atoms with Gasteiger partial charge in [-0.1, -0.05) is 0 Å². The molecule has 3 N–H and O–H groups in total. The fraction of sp³-hybridized carbons (Fsp3) is 0.526. The molecule has 25 heavy (non-hydrogen) atoms. The highest BCUT2D eigenvalue weighted by Crippen LogP contribution is 2.26. The monoisotopic (exact) mass is 342 g/mol. The zero-order valence-corrected chi connectivity index (χ0v) is 14.7. The largest absolute Gasteiger partial charge is 0.497 e. The number of ether oxygens (including phenoxy) is 1. The molecule has 1 aromatic heterocycles. The number of rotatable bonds is 5. The summed E-state index contributed by atoms with van der Waals surface area (Å²) >= 11 is 0. The summed E-state index contributed by atoms with van der Waals surface area (Å²) in [5.41, 5.74) is 2.48. The number of aryl methyl sites for hydroxylation is 1. The van der Waals surface area contributed by atoms with Crippen LogP contribution in [0.2, 0.25) is 0 Å². The van der Waals surface area contributed by atoms with E-state index in [0.29, 0.717) is 12.1 Å². The van der Waals surface area contributed by atoms with E-state index in [1.54, 1.807) is 7.11 Å². The molecule has 6 heteroatoms. The molecule has 2 fully saturated rings. The van der Waals surface area contributed by atoms with Crippen molar-refractivity contribution in [3.63, 3.8) is 0 Å². The zero-order valence-electron chi connectivity index (χ0n) is 14.7. The predicted octanol–water partition coefficient (Wildman–Crippen LogP) is 2.25. The lowest BCUT2D eigenvalue weighted by atomic mass is 9.93. The Labute approximate surface area is 147 Å². The van der Waals surface area contributed by atoms with Crippen molar-refractivity contribution in [1.82, 2.24) is 20.5 Å². The number of nitrogens with zero attached hydrogens (tertiary/aromatic N) is 1. The number of fused-ring (bicyclic) bond motifs is 1. The average Bonchev–Trinajstić information content (AvgIpc) is 3.25. The van der Waals surface area contributed by atoms with E-state index >= 15 is 0 Å². The van der Waals surface area contributed by atoms with Crippen molar-refractivity contribution in [2.24, 2.45) is 0 Å². The number of H-pyrrole nitrogens is 1. The summed E-state index contributed by atoms with van der Waals surface area (Å²) in [5, 5.41) is 7.79. The van der Waals surface area contributed by atoms with Crippen LogP contribution in [0.4, 0.5) is 4.79 Å². The van der Waals surface area contributed by atoms with Crippen molar-refractivity contribution in [2.75, 3.05) is 26.7 Å². The molecule has 0 spiro atoms. The Hall–Kier alpha value is -2.21. The standard InChI is InChI=1S/C19H26N4O2/c1-25-16-4-5-18-17(11-16)13(12-22-18)2-3-14-10-15(6-7-20-14)23-9-8-21-19(23)24/h4-5,11-12,14-15,20,22H,2-3,6-10H2,1H3,(H,21,24). The minimum Gasteiger partial charge on any atom is -0.497 e. The molecule has 0 bridgehead atoms. The number of benzene rings is 1. The number of amides is 2. The molecule has 134 valence electrons. The number of aromatic nitrogens is 1. The van der Waals surface area contributed by atoms with Crippen molar-refractivity contribution < 1.29 is 9.53 Å². The number of carbonyl (C=O) groups excluding carboxylic acids is 1. The van der Waals surface area contributed by atoms with E-state index in [-0.39, 0.29) is 6.03 Å². The lowest BCUT2D eigenvalue weighted by molar-refractivity contribution is 0.169. The smallest absolute Gasteiger partial charge is 0.317 e. The Kier molecular flexibility index (Phi) is 4.53. The van der Waals surface area contributed by atoms with E-state index in [9.17, 15) is 4.79 Å². The molecule has 2 aromatic rings. The van der Waals surface area contributed by atoms with E-state index in [4.69, 9.17) is 4.74 Å². The minimum absolute atomic E-state index is 0.106. The molecule has 0 aliphatic carbocycles. The summed E-state index contributed by atoms with van der Waals surface area (Å²) in [7, 11) is 1.70. The first-order valence-electron chi connectivity index (χ1n) is 9.16. The van der Waals surface area contributed by atoms with Crippen LogP contribution in [0.5, 0.6) is 5.75 Å². The molecule has 0 saturated carbocycles. The molecular formula is C19H26N4O2. The topological polar surface area (TPSA) is 69.4 Å². The molecule has 0 radical (unpaired) electrons. The Morgan fingerprint density at radius 1 is 1.32 bits per heavy atom. The van der Waals surface area contributed by atoms with Crippen molar-refractivity contribution in [2.45, 2.75) is 37.8 Å². The first kappa shape index (κ1) is 16.3. The lowest BCUT2D eigenvalue weighted by Gasteiger charge is -2.35. The molecule has 2 saturated heterocycles. The zero-order chi connectivity index (χ0) is 17.2. The fourth-order valence-corrected chi connectivity index (χ4v) is 4.14. The van der Waals surface area contributed by atoms with Crippen LogP contribution in [0, 0.1) is 0 Å². The molecule has 2 aliphatic rings. The van der Waals surface area contributed by atoms with Gasteiger partial charge in [-0.15, -0.1) is 0 Å². The molecule has 2 atom stereocenters. The van der Waals surface area contributed by atoms with Crippen LogP contribution in [0.25, 0.3) is 10.9 Å². The second-order valence-corrected chi connectivity index (χ2v) is 7.02. The number of aromatic amines is 1. The van der Waals surface area contributed by atoms with Gasteiger partial charge in [0.15, 0.2) is 0 Å². The van der Waals surface area contributed by atoms with E-state index < -0.39 is 0 Å². The van der Waals surface area contributed by atoms with Crippen molar-refractivity contribution in [1.29, 1.82) is 0 Å². The second kappa shape index (κ2) is 6.96. The third kappa shape index (κ3) is 3.31. The minimum atomic E-state index is 0.106. The van der Waals surface area contributed by atoms with E-state index in [2.05, 4.69) is 33.9 Å². The summed E-state index contributed by atoms with van der Waals surface area (Å²) in [5.74, 6) is 0.893. The van der Waals surface area contributed by atoms with Gasteiger partial charge in [0.2, 0.25) is 0 Å². The first-order valence-corrected chi connectivity index (χ1v) is 9.16. The Bertz CT molecular complexity index is 757. The van der Waals surface area contributed by atoms with Gasteiger partial charge in [-0.05, 0) is 56.0 Å². The quantitative estimate of drug-likeness (QED) is 0.781. The summed E-state index contributed by atoms with van der Waals surface area (Å²) in [6.07, 6.45) is 6.30. The van der Waals surface area contributed by atoms with Crippen molar-refractivity contribution in [3.8, 4) is 5.75 Å². The van der Waals surface area contributed by atoms with E-state index in [1.165, 1.54) is 10.9 Å². The Morgan fingerprint density at radius 3 is 3.04 bits per heavy atom. The maximum atomic E-state index is 11.9. The number of piperidine rings is 1. The molecule has 2 amide bonds. The SMILES string of the molecule is COc1ccc2[nH]cc(CCC3CC(N4CCNC4=O)CCN3)c2c1. The maximum absolute atomic E-state index is 11.9. The van der Waals surface area contributed by atoms with Crippen LogP contribution >= 0.6 is 0 Å². The summed E-state index contributed by atoms with van der Waals surface area (Å²) < 4.78 is 5.35. The third-order valence-electron chi connectivity index (χ3n) is 5.53. The van der Waals surface area contributed by atoms with Gasteiger partial charge in [-0.25, -0.2) is 4.79 Å². The van der Waals surface area contributed by atoms with E-state index in [1.807, 2.05) is 11.0 Å². The normalized spacial score (nSPS) is 23.9. The van der Waals surface area contributed by atoms with Crippen LogP contribution in [0.15, 0.2) is 24.4 Å². The molecule has 4 rings (SSSR count). The van der Waals surface area contributed by atoms with Crippen molar-refractivity contribution in [3.05, 3.63) is 30.0 Å². The van der Waals surface area contributed by atoms with Gasteiger partial charge in [0.25, 0.3) is 0 Å². The molecule has 6 nitrogen and oxygen atoms in total. The van der Waals surface area contributed by atoms with Gasteiger partial charge in [-0.2, -0.15) is 0 Å². The van der Waals surface area contributed by atoms with E-state index in [0.717, 1.165) is 56.6 Å². The lowest BCUT2D eigenvalue weighted by Crippen LogP contribution is -2.49. The summed E-state index contributed by atoms with van der Waals surface area (Å²) in [4.78, 5) is 17.3. The molecule has 3 heterocycles. The Morgan fingerprint density at radius 2 is 2.24 bits per heavy atom. The van der Waals surface area contributed by atoms with Gasteiger partial charge in [0.1, 0.15) is 5.75 Å². The maximum Gasteiger partial charge on any atom is 0.317 e. The number of carbonyl (C=O) groups is 1. The number of methoxy groups -OCH3 is 1. The number of hydrogen-bond donors (Lipinski definition) is 3. The molecule has 2 aliphatic heterocycles. The Balaban J connectivity index is 1.40. The number of nitrogens with one attached hydrogen (secondary N) is 3. The summed E-state index contributed by atoms with van der Waals surface area (Å²) in [6, 6.07) is 7.09. The number of urea groups is 1. The van der Waals surface area contributed by atoms with Gasteiger partial charge in [0, 0.05) is 42.3 Å².